The first-order valence-corrected chi connectivity index (χ1v) is 11.3. The minimum atomic E-state index is -3.79. The van der Waals surface area contributed by atoms with Crippen molar-refractivity contribution in [2.75, 3.05) is 30.8 Å². The van der Waals surface area contributed by atoms with Crippen LogP contribution in [0.15, 0.2) is 29.8 Å². The molecule has 0 bridgehead atoms. The number of imide groups is 1. The fourth-order valence-electron chi connectivity index (χ4n) is 3.22. The van der Waals surface area contributed by atoms with E-state index >= 15 is 0 Å². The van der Waals surface area contributed by atoms with Crippen LogP contribution in [0.5, 0.6) is 0 Å². The number of urea groups is 1. The zero-order valence-electron chi connectivity index (χ0n) is 16.9. The molecule has 0 saturated carbocycles. The molecule has 2 N–H and O–H groups in total. The summed E-state index contributed by atoms with van der Waals surface area (Å²) in [5, 5.41) is 4.87. The average molecular weight is 465 g/mol. The van der Waals surface area contributed by atoms with Crippen LogP contribution < -0.4 is 15.5 Å². The number of carbonyl (C=O) groups excluding carboxylic acids is 3. The Bertz CT molecular complexity index is 1140. The lowest BCUT2D eigenvalue weighted by Gasteiger charge is -2.28. The molecule has 0 unspecified atom stereocenters. The second kappa shape index (κ2) is 8.70. The standard InChI is InChI=1S/C20H21ClN4O5S/c1-20(18(27)22-19(28)23-20)12-31(29,30)25-7-5-14(6-8-25)3-4-15-9-16(21)11-17(10-15)24(2)13-26/h5,9-11,13H,6-8,12H2,1-2H3,(H2,22,23,27,28)/t20-/m1/s1. The Morgan fingerprint density at radius 3 is 2.61 bits per heavy atom. The molecule has 0 radical (unpaired) electrons. The van der Waals surface area contributed by atoms with E-state index < -0.39 is 33.3 Å². The Morgan fingerprint density at radius 2 is 2.03 bits per heavy atom. The molecule has 1 atom stereocenters. The van der Waals surface area contributed by atoms with Gasteiger partial charge in [0.2, 0.25) is 16.4 Å². The molecule has 1 fully saturated rings. The van der Waals surface area contributed by atoms with E-state index in [1.54, 1.807) is 31.3 Å². The molecule has 164 valence electrons. The van der Waals surface area contributed by atoms with Crippen molar-refractivity contribution in [3.8, 4) is 11.8 Å². The summed E-state index contributed by atoms with van der Waals surface area (Å²) in [6.07, 6.45) is 2.79. The minimum absolute atomic E-state index is 0.118. The van der Waals surface area contributed by atoms with Gasteiger partial charge < -0.3 is 10.2 Å². The van der Waals surface area contributed by atoms with Gasteiger partial charge in [0, 0.05) is 42.0 Å². The fraction of sp³-hybridized carbons (Fsp3) is 0.350. The monoisotopic (exact) mass is 464 g/mol. The molecular weight excluding hydrogens is 444 g/mol. The Hall–Kier alpha value is -2.87. The van der Waals surface area contributed by atoms with Crippen LogP contribution in [-0.2, 0) is 19.6 Å². The summed E-state index contributed by atoms with van der Waals surface area (Å²) in [5.74, 6) is 4.82. The van der Waals surface area contributed by atoms with Gasteiger partial charge in [-0.25, -0.2) is 13.2 Å². The predicted molar refractivity (Wildman–Crippen MR) is 116 cm³/mol. The van der Waals surface area contributed by atoms with E-state index in [0.717, 1.165) is 5.57 Å². The lowest BCUT2D eigenvalue weighted by Crippen LogP contribution is -2.52. The summed E-state index contributed by atoms with van der Waals surface area (Å²) < 4.78 is 26.7. The first-order valence-electron chi connectivity index (χ1n) is 9.34. The van der Waals surface area contributed by atoms with E-state index in [1.807, 2.05) is 0 Å². The summed E-state index contributed by atoms with van der Waals surface area (Å²) in [6.45, 7) is 1.71. The van der Waals surface area contributed by atoms with Gasteiger partial charge in [0.05, 0.1) is 5.75 Å². The largest absolute Gasteiger partial charge is 0.322 e. The number of hydrogen-bond acceptors (Lipinski definition) is 5. The number of rotatable bonds is 5. The third kappa shape index (κ3) is 5.25. The Balaban J connectivity index is 1.70. The van der Waals surface area contributed by atoms with Crippen molar-refractivity contribution < 1.29 is 22.8 Å². The lowest BCUT2D eigenvalue weighted by atomic mass is 10.1. The van der Waals surface area contributed by atoms with Crippen LogP contribution in [0.4, 0.5) is 10.5 Å². The Kier molecular flexibility index (Phi) is 6.40. The number of nitrogens with one attached hydrogen (secondary N) is 2. The van der Waals surface area contributed by atoms with Gasteiger partial charge >= 0.3 is 6.03 Å². The maximum atomic E-state index is 12.7. The van der Waals surface area contributed by atoms with Crippen LogP contribution >= 0.6 is 11.6 Å². The van der Waals surface area contributed by atoms with Crippen molar-refractivity contribution in [1.29, 1.82) is 0 Å². The highest BCUT2D eigenvalue weighted by atomic mass is 35.5. The predicted octanol–water partition coefficient (Wildman–Crippen LogP) is 0.844. The first-order chi connectivity index (χ1) is 14.5. The maximum absolute atomic E-state index is 12.7. The van der Waals surface area contributed by atoms with E-state index in [4.69, 9.17) is 11.6 Å². The topological polar surface area (TPSA) is 116 Å². The van der Waals surface area contributed by atoms with Crippen molar-refractivity contribution in [2.24, 2.45) is 0 Å². The third-order valence-corrected chi connectivity index (χ3v) is 7.25. The number of sulfonamides is 1. The molecule has 0 aliphatic carbocycles. The molecule has 2 heterocycles. The van der Waals surface area contributed by atoms with E-state index in [1.165, 1.54) is 16.1 Å². The van der Waals surface area contributed by atoms with Crippen molar-refractivity contribution >= 4 is 45.7 Å². The normalized spacial score (nSPS) is 21.5. The molecule has 1 aromatic rings. The highest BCUT2D eigenvalue weighted by molar-refractivity contribution is 7.89. The molecule has 11 heteroatoms. The molecule has 0 spiro atoms. The van der Waals surface area contributed by atoms with E-state index in [0.29, 0.717) is 29.1 Å². The van der Waals surface area contributed by atoms with Crippen LogP contribution in [0, 0.1) is 11.8 Å². The maximum Gasteiger partial charge on any atom is 0.322 e. The summed E-state index contributed by atoms with van der Waals surface area (Å²) in [7, 11) is -2.18. The number of amides is 4. The molecule has 31 heavy (non-hydrogen) atoms. The molecular formula is C20H21ClN4O5S. The third-order valence-electron chi connectivity index (χ3n) is 4.97. The van der Waals surface area contributed by atoms with Gasteiger partial charge in [-0.3, -0.25) is 14.9 Å². The molecule has 2 aliphatic rings. The van der Waals surface area contributed by atoms with Crippen LogP contribution in [0.1, 0.15) is 18.9 Å². The van der Waals surface area contributed by atoms with Crippen molar-refractivity contribution in [3.05, 3.63) is 40.4 Å². The average Bonchev–Trinajstić information content (AvgIpc) is 2.95. The van der Waals surface area contributed by atoms with Gasteiger partial charge in [0.1, 0.15) is 5.54 Å². The van der Waals surface area contributed by atoms with Gasteiger partial charge in [0.15, 0.2) is 0 Å². The smallest absolute Gasteiger partial charge is 0.322 e. The second-order valence-corrected chi connectivity index (χ2v) is 9.90. The first kappa shape index (κ1) is 22.8. The van der Waals surface area contributed by atoms with Gasteiger partial charge in [-0.05, 0) is 31.5 Å². The highest BCUT2D eigenvalue weighted by Gasteiger charge is 2.46. The molecule has 0 aromatic heterocycles. The molecule has 3 rings (SSSR count). The molecule has 1 saturated heterocycles. The summed E-state index contributed by atoms with van der Waals surface area (Å²) in [6, 6.07) is 4.35. The van der Waals surface area contributed by atoms with E-state index in [-0.39, 0.29) is 13.1 Å². The molecule has 9 nitrogen and oxygen atoms in total. The van der Waals surface area contributed by atoms with Crippen molar-refractivity contribution in [2.45, 2.75) is 18.9 Å². The lowest BCUT2D eigenvalue weighted by molar-refractivity contribution is -0.122. The Labute approximate surface area is 185 Å². The van der Waals surface area contributed by atoms with Crippen LogP contribution in [0.25, 0.3) is 0 Å². The number of carbonyl (C=O) groups is 3. The van der Waals surface area contributed by atoms with Crippen LogP contribution in [0.3, 0.4) is 0 Å². The number of anilines is 1. The van der Waals surface area contributed by atoms with E-state index in [9.17, 15) is 22.8 Å². The molecule has 1 aromatic carbocycles. The quantitative estimate of drug-likeness (QED) is 0.380. The zero-order valence-corrected chi connectivity index (χ0v) is 18.5. The SMILES string of the molecule is CN(C=O)c1cc(Cl)cc(C#CC2=CCN(S(=O)(=O)C[C@@]3(C)NC(=O)NC3=O)CC2)c1. The number of nitrogens with zero attached hydrogens (tertiary/aromatic N) is 2. The molecule has 4 amide bonds. The summed E-state index contributed by atoms with van der Waals surface area (Å²) in [4.78, 5) is 35.6. The highest BCUT2D eigenvalue weighted by Crippen LogP contribution is 2.22. The van der Waals surface area contributed by atoms with Gasteiger partial charge in [-0.1, -0.05) is 29.5 Å². The van der Waals surface area contributed by atoms with Gasteiger partial charge in [-0.2, -0.15) is 4.31 Å². The van der Waals surface area contributed by atoms with Gasteiger partial charge in [-0.15, -0.1) is 0 Å². The van der Waals surface area contributed by atoms with E-state index in [2.05, 4.69) is 22.5 Å². The zero-order chi connectivity index (χ0) is 22.8. The minimum Gasteiger partial charge on any atom is -0.322 e. The number of hydrogen-bond donors (Lipinski definition) is 2. The number of halogens is 1. The van der Waals surface area contributed by atoms with Gasteiger partial charge in [0.25, 0.3) is 5.91 Å². The summed E-state index contributed by atoms with van der Waals surface area (Å²) in [5.41, 5.74) is 0.509. The van der Waals surface area contributed by atoms with Crippen LogP contribution in [0.2, 0.25) is 5.02 Å². The number of benzene rings is 1. The van der Waals surface area contributed by atoms with Crippen molar-refractivity contribution in [3.63, 3.8) is 0 Å². The van der Waals surface area contributed by atoms with Crippen molar-refractivity contribution in [1.82, 2.24) is 14.9 Å². The molecule has 2 aliphatic heterocycles. The fourth-order valence-corrected chi connectivity index (χ4v) is 5.23. The van der Waals surface area contributed by atoms with Crippen LogP contribution in [-0.4, -0.2) is 62.5 Å². The second-order valence-electron chi connectivity index (χ2n) is 7.50. The Morgan fingerprint density at radius 1 is 1.29 bits per heavy atom. The summed E-state index contributed by atoms with van der Waals surface area (Å²) >= 11 is 6.09.